The van der Waals surface area contributed by atoms with Gasteiger partial charge in [0.25, 0.3) is 0 Å². The van der Waals surface area contributed by atoms with E-state index in [0.29, 0.717) is 24.7 Å². The predicted octanol–water partition coefficient (Wildman–Crippen LogP) is 6.60. The summed E-state index contributed by atoms with van der Waals surface area (Å²) in [6.45, 7) is 0.507. The lowest BCUT2D eigenvalue weighted by Crippen LogP contribution is -2.48. The van der Waals surface area contributed by atoms with Crippen LogP contribution >= 0.6 is 0 Å². The van der Waals surface area contributed by atoms with E-state index in [1.54, 1.807) is 18.9 Å². The van der Waals surface area contributed by atoms with Crippen LogP contribution in [0, 0.1) is 17.8 Å². The van der Waals surface area contributed by atoms with Crippen molar-refractivity contribution in [3.05, 3.63) is 64.1 Å². The third-order valence-corrected chi connectivity index (χ3v) is 11.2. The fourth-order valence-corrected chi connectivity index (χ4v) is 9.60. The van der Waals surface area contributed by atoms with Crippen molar-refractivity contribution in [1.82, 2.24) is 14.8 Å². The maximum Gasteiger partial charge on any atom is 0.303 e. The van der Waals surface area contributed by atoms with Gasteiger partial charge in [-0.25, -0.2) is 4.68 Å². The van der Waals surface area contributed by atoms with Crippen molar-refractivity contribution in [2.45, 2.75) is 94.8 Å². The van der Waals surface area contributed by atoms with Gasteiger partial charge in [-0.15, -0.1) is 0 Å². The van der Waals surface area contributed by atoms with E-state index in [0.717, 1.165) is 59.7 Å². The van der Waals surface area contributed by atoms with Gasteiger partial charge in [-0.2, -0.15) is 5.10 Å². The second-order valence-corrected chi connectivity index (χ2v) is 14.3. The smallest absolute Gasteiger partial charge is 0.303 e. The first kappa shape index (κ1) is 30.1. The molecule has 4 fully saturated rings. The molecule has 45 heavy (non-hydrogen) atoms. The molecule has 0 radical (unpaired) electrons. The van der Waals surface area contributed by atoms with Crippen LogP contribution in [0.5, 0.6) is 17.4 Å². The third kappa shape index (κ3) is 6.05. The van der Waals surface area contributed by atoms with Gasteiger partial charge in [-0.05, 0) is 117 Å². The van der Waals surface area contributed by atoms with Crippen molar-refractivity contribution in [3.63, 3.8) is 0 Å². The number of carbonyl (C=O) groups is 1. The number of fused-ring (bicyclic) bond motifs is 1. The molecular weight excluding hydrogens is 566 g/mol. The molecule has 2 heterocycles. The lowest BCUT2D eigenvalue weighted by Gasteiger charge is -2.57. The quantitative estimate of drug-likeness (QED) is 0.246. The Morgan fingerprint density at radius 2 is 1.73 bits per heavy atom. The fraction of sp³-hybridized carbons (Fsp3) is 0.595. The number of pyridine rings is 1. The zero-order chi connectivity index (χ0) is 31.1. The first-order valence-corrected chi connectivity index (χ1v) is 16.9. The van der Waals surface area contributed by atoms with Gasteiger partial charge in [0.05, 0.1) is 32.9 Å². The molecule has 8 nitrogen and oxygen atoms in total. The van der Waals surface area contributed by atoms with Crippen molar-refractivity contribution in [1.29, 1.82) is 0 Å². The standard InChI is InChI=1S/C37H47N3O5/c1-40-34(45-11-10-29-9-8-26-6-4-5-7-32(26)38-29)19-30(39-40)15-27(18-35(41)42)28-16-31(36(44-3)33(17-28)43-2)37-20-23-12-24(21-37)14-25(13-23)22-37/h8-9,16-17,19,23-25,27H,4-7,10-15,18,20-22H2,1-3H3,(H,41,42). The minimum atomic E-state index is -0.823. The highest BCUT2D eigenvalue weighted by Crippen LogP contribution is 2.62. The third-order valence-electron chi connectivity index (χ3n) is 11.2. The Morgan fingerprint density at radius 3 is 2.42 bits per heavy atom. The van der Waals surface area contributed by atoms with Crippen molar-refractivity contribution in [2.75, 3.05) is 20.8 Å². The lowest BCUT2D eigenvalue weighted by atomic mass is 9.48. The normalized spacial score (nSPS) is 25.5. The molecule has 5 aliphatic carbocycles. The highest BCUT2D eigenvalue weighted by atomic mass is 16.5. The molecule has 0 aliphatic heterocycles. The number of ether oxygens (including phenoxy) is 3. The van der Waals surface area contributed by atoms with Crippen molar-refractivity contribution < 1.29 is 24.1 Å². The number of benzene rings is 1. The topological polar surface area (TPSA) is 95.7 Å². The lowest BCUT2D eigenvalue weighted by molar-refractivity contribution is -0.137. The molecule has 1 atom stereocenters. The molecule has 8 heteroatoms. The number of carboxylic acid groups (broad SMARTS) is 1. The second-order valence-electron chi connectivity index (χ2n) is 14.3. The van der Waals surface area contributed by atoms with Crippen LogP contribution < -0.4 is 14.2 Å². The van der Waals surface area contributed by atoms with E-state index < -0.39 is 5.97 Å². The number of aliphatic carboxylic acids is 1. The average Bonchev–Trinajstić information content (AvgIpc) is 3.37. The molecule has 2 aromatic heterocycles. The van der Waals surface area contributed by atoms with Gasteiger partial charge in [-0.3, -0.25) is 9.78 Å². The van der Waals surface area contributed by atoms with Crippen LogP contribution in [0.3, 0.4) is 0 Å². The maximum absolute atomic E-state index is 12.2. The number of aromatic nitrogens is 3. The van der Waals surface area contributed by atoms with Gasteiger partial charge in [-0.1, -0.05) is 12.1 Å². The summed E-state index contributed by atoms with van der Waals surface area (Å²) >= 11 is 0. The monoisotopic (exact) mass is 613 g/mol. The van der Waals surface area contributed by atoms with Crippen LogP contribution in [0.1, 0.15) is 97.5 Å². The number of hydrogen-bond donors (Lipinski definition) is 1. The molecule has 1 aromatic carbocycles. The fourth-order valence-electron chi connectivity index (χ4n) is 9.60. The van der Waals surface area contributed by atoms with E-state index in [9.17, 15) is 9.90 Å². The number of hydrogen-bond acceptors (Lipinski definition) is 6. The first-order chi connectivity index (χ1) is 21.8. The highest BCUT2D eigenvalue weighted by Gasteiger charge is 2.53. The molecule has 0 saturated heterocycles. The van der Waals surface area contributed by atoms with E-state index in [2.05, 4.69) is 18.2 Å². The van der Waals surface area contributed by atoms with Gasteiger partial charge in [0, 0.05) is 42.4 Å². The van der Waals surface area contributed by atoms with Crippen LogP contribution in [-0.2, 0) is 42.9 Å². The zero-order valence-corrected chi connectivity index (χ0v) is 27.0. The summed E-state index contributed by atoms with van der Waals surface area (Å²) in [6, 6.07) is 10.6. The molecule has 1 N–H and O–H groups in total. The van der Waals surface area contributed by atoms with Gasteiger partial charge in [0.2, 0.25) is 5.88 Å². The largest absolute Gasteiger partial charge is 0.493 e. The van der Waals surface area contributed by atoms with Crippen molar-refractivity contribution in [3.8, 4) is 17.4 Å². The van der Waals surface area contributed by atoms with Crippen LogP contribution in [0.25, 0.3) is 0 Å². The van der Waals surface area contributed by atoms with E-state index >= 15 is 0 Å². The minimum absolute atomic E-state index is 0.00651. The molecule has 240 valence electrons. The molecule has 3 aromatic rings. The van der Waals surface area contributed by atoms with Crippen LogP contribution in [0.15, 0.2) is 30.3 Å². The molecule has 5 aliphatic rings. The Bertz CT molecular complexity index is 1530. The van der Waals surface area contributed by atoms with Crippen LogP contribution in [0.2, 0.25) is 0 Å². The Kier molecular flexibility index (Phi) is 8.25. The molecule has 4 bridgehead atoms. The number of aryl methyl sites for hydroxylation is 3. The van der Waals surface area contributed by atoms with Crippen molar-refractivity contribution >= 4 is 5.97 Å². The van der Waals surface area contributed by atoms with E-state index in [4.69, 9.17) is 24.3 Å². The first-order valence-electron chi connectivity index (χ1n) is 16.9. The summed E-state index contributed by atoms with van der Waals surface area (Å²) < 4.78 is 19.9. The molecule has 4 saturated carbocycles. The van der Waals surface area contributed by atoms with Gasteiger partial charge in [0.15, 0.2) is 11.5 Å². The Labute approximate surface area is 266 Å². The Morgan fingerprint density at radius 1 is 1.00 bits per heavy atom. The number of nitrogens with zero attached hydrogens (tertiary/aromatic N) is 3. The summed E-state index contributed by atoms with van der Waals surface area (Å²) in [5.41, 5.74) is 6.78. The molecule has 0 spiro atoms. The summed E-state index contributed by atoms with van der Waals surface area (Å²) in [5, 5.41) is 14.7. The molecule has 0 amide bonds. The Balaban J connectivity index is 1.11. The highest BCUT2D eigenvalue weighted by molar-refractivity contribution is 5.68. The van der Waals surface area contributed by atoms with E-state index in [-0.39, 0.29) is 17.8 Å². The van der Waals surface area contributed by atoms with Gasteiger partial charge in [0.1, 0.15) is 0 Å². The average molecular weight is 614 g/mol. The second kappa shape index (κ2) is 12.3. The predicted molar refractivity (Wildman–Crippen MR) is 171 cm³/mol. The van der Waals surface area contributed by atoms with Gasteiger partial charge >= 0.3 is 5.97 Å². The minimum Gasteiger partial charge on any atom is -0.493 e. The Hall–Kier alpha value is -3.55. The summed E-state index contributed by atoms with van der Waals surface area (Å²) in [6.07, 6.45) is 13.5. The summed E-state index contributed by atoms with van der Waals surface area (Å²) in [7, 11) is 5.29. The van der Waals surface area contributed by atoms with Crippen LogP contribution in [0.4, 0.5) is 0 Å². The zero-order valence-electron chi connectivity index (χ0n) is 27.0. The van der Waals surface area contributed by atoms with Crippen molar-refractivity contribution in [2.24, 2.45) is 24.8 Å². The molecule has 1 unspecified atom stereocenters. The number of methoxy groups -OCH3 is 2. The van der Waals surface area contributed by atoms with E-state index in [1.807, 2.05) is 19.2 Å². The van der Waals surface area contributed by atoms with Crippen LogP contribution in [-0.4, -0.2) is 46.7 Å². The summed E-state index contributed by atoms with van der Waals surface area (Å²) in [5.74, 6) is 3.43. The number of carboxylic acids is 1. The summed E-state index contributed by atoms with van der Waals surface area (Å²) in [4.78, 5) is 17.1. The molecule has 8 rings (SSSR count). The van der Waals surface area contributed by atoms with Gasteiger partial charge < -0.3 is 19.3 Å². The maximum atomic E-state index is 12.2. The van der Waals surface area contributed by atoms with E-state index in [1.165, 1.54) is 68.2 Å². The number of rotatable bonds is 12. The molecular formula is C37H47N3O5. The SMILES string of the molecule is COc1cc(C(CC(=O)O)Cc2cc(OCCc3ccc4c(n3)CCCC4)n(C)n2)cc(C23CC4CC(CC(C4)C2)C3)c1OC.